The summed E-state index contributed by atoms with van der Waals surface area (Å²) in [6.07, 6.45) is 0. The van der Waals surface area contributed by atoms with Crippen LogP contribution in [0.25, 0.3) is 0 Å². The fourth-order valence-electron chi connectivity index (χ4n) is 3.33. The van der Waals surface area contributed by atoms with Crippen LogP contribution >= 0.6 is 0 Å². The van der Waals surface area contributed by atoms with Crippen molar-refractivity contribution in [1.82, 2.24) is 0 Å². The molecule has 0 atom stereocenters. The number of anilines is 2. The summed E-state index contributed by atoms with van der Waals surface area (Å²) < 4.78 is 101. The van der Waals surface area contributed by atoms with E-state index in [9.17, 15) is 40.3 Å². The Kier molecular flexibility index (Phi) is 7.56. The second kappa shape index (κ2) is 10.9. The SMILES string of the molecule is Cc1c(F)cc(C(=O)Nc2ccc(Oc3ccc(NC(=O)c4cc(F)c(F)c(F)c4F)cc3)cc2)c(F)c1F. The van der Waals surface area contributed by atoms with Crippen molar-refractivity contribution in [3.8, 4) is 11.5 Å². The summed E-state index contributed by atoms with van der Waals surface area (Å²) in [6, 6.07) is 11.9. The summed E-state index contributed by atoms with van der Waals surface area (Å²) in [5, 5.41) is 4.53. The number of carbonyl (C=O) groups excluding carboxylic acids is 2. The van der Waals surface area contributed by atoms with Crippen LogP contribution in [0.3, 0.4) is 0 Å². The Morgan fingerprint density at radius 3 is 1.44 bits per heavy atom. The van der Waals surface area contributed by atoms with Crippen molar-refractivity contribution in [1.29, 1.82) is 0 Å². The van der Waals surface area contributed by atoms with E-state index in [1.807, 2.05) is 0 Å². The quantitative estimate of drug-likeness (QED) is 0.151. The Morgan fingerprint density at radius 2 is 0.974 bits per heavy atom. The Balaban J connectivity index is 1.39. The average Bonchev–Trinajstić information content (AvgIpc) is 2.92. The van der Waals surface area contributed by atoms with Crippen molar-refractivity contribution in [2.75, 3.05) is 10.6 Å². The number of benzene rings is 4. The molecule has 0 aliphatic heterocycles. The van der Waals surface area contributed by atoms with Gasteiger partial charge in [0.15, 0.2) is 34.9 Å². The van der Waals surface area contributed by atoms with Crippen LogP contribution in [-0.4, -0.2) is 11.8 Å². The van der Waals surface area contributed by atoms with E-state index in [1.165, 1.54) is 48.5 Å². The number of hydrogen-bond acceptors (Lipinski definition) is 3. The normalized spacial score (nSPS) is 10.8. The molecule has 5 nitrogen and oxygen atoms in total. The van der Waals surface area contributed by atoms with Crippen molar-refractivity contribution in [2.45, 2.75) is 6.92 Å². The highest BCUT2D eigenvalue weighted by atomic mass is 19.2. The smallest absolute Gasteiger partial charge is 0.258 e. The molecule has 4 aromatic carbocycles. The molecule has 0 spiro atoms. The van der Waals surface area contributed by atoms with Crippen molar-refractivity contribution in [3.63, 3.8) is 0 Å². The van der Waals surface area contributed by atoms with Crippen LogP contribution in [0.2, 0.25) is 0 Å². The highest BCUT2D eigenvalue weighted by Crippen LogP contribution is 2.26. The maximum atomic E-state index is 14.0. The van der Waals surface area contributed by atoms with E-state index in [0.29, 0.717) is 6.07 Å². The summed E-state index contributed by atoms with van der Waals surface area (Å²) in [4.78, 5) is 24.4. The monoisotopic (exact) mass is 548 g/mol. The molecule has 0 heterocycles. The number of amides is 2. The first-order valence-electron chi connectivity index (χ1n) is 10.9. The van der Waals surface area contributed by atoms with Gasteiger partial charge in [0.2, 0.25) is 0 Å². The number of rotatable bonds is 6. The number of ether oxygens (including phenoxy) is 1. The summed E-state index contributed by atoms with van der Waals surface area (Å²) in [6.45, 7) is 1.04. The maximum absolute atomic E-state index is 14.0. The zero-order valence-electron chi connectivity index (χ0n) is 19.6. The molecule has 2 amide bonds. The number of carbonyl (C=O) groups is 2. The Morgan fingerprint density at radius 1 is 0.564 bits per heavy atom. The van der Waals surface area contributed by atoms with Gasteiger partial charge in [-0.3, -0.25) is 9.59 Å². The first kappa shape index (κ1) is 27.2. The fourth-order valence-corrected chi connectivity index (χ4v) is 3.33. The molecule has 0 saturated heterocycles. The van der Waals surface area contributed by atoms with Gasteiger partial charge in [0.25, 0.3) is 11.8 Å². The van der Waals surface area contributed by atoms with Crippen LogP contribution in [0, 0.1) is 47.6 Å². The van der Waals surface area contributed by atoms with Gasteiger partial charge in [-0.2, -0.15) is 0 Å². The number of halogens is 7. The Labute approximate surface area is 215 Å². The molecule has 39 heavy (non-hydrogen) atoms. The van der Waals surface area contributed by atoms with E-state index < -0.39 is 69.2 Å². The number of nitrogens with one attached hydrogen (secondary N) is 2. The van der Waals surface area contributed by atoms with E-state index in [-0.39, 0.29) is 28.9 Å². The van der Waals surface area contributed by atoms with Crippen LogP contribution in [0.5, 0.6) is 11.5 Å². The van der Waals surface area contributed by atoms with Crippen LogP contribution in [-0.2, 0) is 0 Å². The van der Waals surface area contributed by atoms with Gasteiger partial charge in [0.05, 0.1) is 11.1 Å². The van der Waals surface area contributed by atoms with E-state index in [1.54, 1.807) is 0 Å². The van der Waals surface area contributed by atoms with Gasteiger partial charge in [-0.15, -0.1) is 0 Å². The van der Waals surface area contributed by atoms with Crippen LogP contribution in [0.1, 0.15) is 26.3 Å². The highest BCUT2D eigenvalue weighted by Gasteiger charge is 2.23. The second-order valence-corrected chi connectivity index (χ2v) is 8.07. The molecular formula is C27H15F7N2O3. The van der Waals surface area contributed by atoms with Gasteiger partial charge in [-0.05, 0) is 67.6 Å². The molecule has 0 aliphatic rings. The first-order valence-corrected chi connectivity index (χ1v) is 10.9. The highest BCUT2D eigenvalue weighted by molar-refractivity contribution is 6.05. The van der Waals surface area contributed by atoms with Crippen molar-refractivity contribution >= 4 is 23.2 Å². The molecule has 0 aromatic heterocycles. The molecule has 0 unspecified atom stereocenters. The third-order valence-electron chi connectivity index (χ3n) is 5.44. The van der Waals surface area contributed by atoms with Crippen molar-refractivity contribution in [3.05, 3.63) is 118 Å². The zero-order chi connectivity index (χ0) is 28.4. The lowest BCUT2D eigenvalue weighted by Crippen LogP contribution is -2.16. The van der Waals surface area contributed by atoms with E-state index >= 15 is 0 Å². The van der Waals surface area contributed by atoms with Gasteiger partial charge >= 0.3 is 0 Å². The minimum absolute atomic E-state index is 0.103. The maximum Gasteiger partial charge on any atom is 0.258 e. The molecule has 0 saturated carbocycles. The number of hydrogen-bond donors (Lipinski definition) is 2. The topological polar surface area (TPSA) is 67.4 Å². The lowest BCUT2D eigenvalue weighted by Gasteiger charge is -2.11. The third-order valence-corrected chi connectivity index (χ3v) is 5.44. The summed E-state index contributed by atoms with van der Waals surface area (Å²) >= 11 is 0. The Bertz CT molecular complexity index is 1470. The molecule has 0 fully saturated rings. The molecule has 200 valence electrons. The molecule has 0 radical (unpaired) electrons. The van der Waals surface area contributed by atoms with Crippen LogP contribution in [0.15, 0.2) is 60.7 Å². The Hall–Kier alpha value is -4.87. The lowest BCUT2D eigenvalue weighted by molar-refractivity contribution is 0.101. The third kappa shape index (κ3) is 5.69. The van der Waals surface area contributed by atoms with E-state index in [2.05, 4.69) is 10.6 Å². The molecule has 0 bridgehead atoms. The van der Waals surface area contributed by atoms with Crippen LogP contribution < -0.4 is 15.4 Å². The molecule has 2 N–H and O–H groups in total. The molecule has 0 aliphatic carbocycles. The minimum atomic E-state index is -2.11. The lowest BCUT2D eigenvalue weighted by atomic mass is 10.1. The van der Waals surface area contributed by atoms with E-state index in [4.69, 9.17) is 4.74 Å². The van der Waals surface area contributed by atoms with Crippen molar-refractivity contribution < 1.29 is 45.1 Å². The fraction of sp³-hybridized carbons (Fsp3) is 0.0370. The second-order valence-electron chi connectivity index (χ2n) is 8.07. The standard InChI is InChI=1S/C27H15F7N2O3/c1-12-19(28)10-17(22(31)21(12)30)26(37)35-13-2-6-15(7-3-13)39-16-8-4-14(5-9-16)36-27(38)18-11-20(29)24(33)25(34)23(18)32/h2-11H,1H3,(H,35,37)(H,36,38). The summed E-state index contributed by atoms with van der Waals surface area (Å²) in [5.74, 6) is -13.5. The van der Waals surface area contributed by atoms with Crippen molar-refractivity contribution in [2.24, 2.45) is 0 Å². The van der Waals surface area contributed by atoms with Gasteiger partial charge < -0.3 is 15.4 Å². The summed E-state index contributed by atoms with van der Waals surface area (Å²) in [7, 11) is 0. The molecule has 4 aromatic rings. The molecular weight excluding hydrogens is 533 g/mol. The van der Waals surface area contributed by atoms with Gasteiger partial charge in [-0.25, -0.2) is 30.7 Å². The van der Waals surface area contributed by atoms with Gasteiger partial charge in [0, 0.05) is 16.9 Å². The van der Waals surface area contributed by atoms with Crippen LogP contribution in [0.4, 0.5) is 42.1 Å². The van der Waals surface area contributed by atoms with Gasteiger partial charge in [0.1, 0.15) is 17.3 Å². The van der Waals surface area contributed by atoms with E-state index in [0.717, 1.165) is 6.92 Å². The minimum Gasteiger partial charge on any atom is -0.457 e. The summed E-state index contributed by atoms with van der Waals surface area (Å²) in [5.41, 5.74) is -2.10. The zero-order valence-corrected chi connectivity index (χ0v) is 19.6. The average molecular weight is 548 g/mol. The van der Waals surface area contributed by atoms with Gasteiger partial charge in [-0.1, -0.05) is 0 Å². The predicted molar refractivity (Wildman–Crippen MR) is 126 cm³/mol. The molecule has 4 rings (SSSR count). The molecule has 12 heteroatoms. The predicted octanol–water partition coefficient (Wildman–Crippen LogP) is 7.27. The largest absolute Gasteiger partial charge is 0.457 e. The first-order chi connectivity index (χ1) is 18.5.